The standard InChI is InChI=1S/C31H28N2O7/c1-5-9-32-20-15-23(36)26(40-4)14-19(20)28-27(17-6-7-24(38-2)21(34)12-17)29-18-13-25(39-3)22(35)11-16(18)8-10-33(29)30(28)31(32)37/h5-7,11-15,34-36H,1,8-10H2,2-4H3. The number of ether oxygens (including phenoxy) is 3. The van der Waals surface area contributed by atoms with Crippen molar-refractivity contribution >= 4 is 21.8 Å². The molecular weight excluding hydrogens is 512 g/mol. The molecule has 0 aliphatic carbocycles. The minimum atomic E-state index is -0.244. The topological polar surface area (TPSA) is 115 Å². The molecule has 3 heterocycles. The van der Waals surface area contributed by atoms with E-state index in [1.807, 2.05) is 10.6 Å². The van der Waals surface area contributed by atoms with Crippen LogP contribution >= 0.6 is 0 Å². The highest BCUT2D eigenvalue weighted by Gasteiger charge is 2.31. The Morgan fingerprint density at radius 1 is 0.900 bits per heavy atom. The summed E-state index contributed by atoms with van der Waals surface area (Å²) in [5.74, 6) is 0.779. The lowest BCUT2D eigenvalue weighted by atomic mass is 9.91. The van der Waals surface area contributed by atoms with Crippen LogP contribution in [0.2, 0.25) is 0 Å². The molecule has 2 aromatic heterocycles. The van der Waals surface area contributed by atoms with Crippen molar-refractivity contribution in [1.29, 1.82) is 0 Å². The SMILES string of the molecule is C=CCn1c(=O)c2c(c(-c3ccc(OC)c(O)c3)c3n2CCc2cc(O)c(OC)cc2-3)c2cc(OC)c(O)cc21. The summed E-state index contributed by atoms with van der Waals surface area (Å²) in [6, 6.07) is 11.8. The van der Waals surface area contributed by atoms with Gasteiger partial charge in [-0.15, -0.1) is 6.58 Å². The number of pyridine rings is 1. The number of hydrogen-bond donors (Lipinski definition) is 3. The second-order valence-corrected chi connectivity index (χ2v) is 9.66. The number of aromatic nitrogens is 2. The number of methoxy groups -OCH3 is 3. The van der Waals surface area contributed by atoms with Crippen molar-refractivity contribution in [2.24, 2.45) is 0 Å². The van der Waals surface area contributed by atoms with Gasteiger partial charge in [0.05, 0.1) is 32.5 Å². The number of benzene rings is 3. The molecule has 6 rings (SSSR count). The average molecular weight is 541 g/mol. The molecule has 0 bridgehead atoms. The largest absolute Gasteiger partial charge is 0.504 e. The van der Waals surface area contributed by atoms with Gasteiger partial charge in [-0.3, -0.25) is 4.79 Å². The summed E-state index contributed by atoms with van der Waals surface area (Å²) in [6.45, 7) is 4.55. The van der Waals surface area contributed by atoms with E-state index in [2.05, 4.69) is 6.58 Å². The van der Waals surface area contributed by atoms with E-state index in [9.17, 15) is 20.1 Å². The number of allylic oxidation sites excluding steroid dienone is 1. The zero-order chi connectivity index (χ0) is 28.3. The van der Waals surface area contributed by atoms with Gasteiger partial charge in [0.2, 0.25) is 0 Å². The third-order valence-corrected chi connectivity index (χ3v) is 7.61. The molecule has 40 heavy (non-hydrogen) atoms. The Morgan fingerprint density at radius 2 is 1.57 bits per heavy atom. The van der Waals surface area contributed by atoms with Gasteiger partial charge in [-0.2, -0.15) is 0 Å². The smallest absolute Gasteiger partial charge is 0.275 e. The molecule has 3 aromatic carbocycles. The predicted octanol–water partition coefficient (Wildman–Crippen LogP) is 5.17. The molecule has 9 heteroatoms. The first kappa shape index (κ1) is 25.2. The first-order valence-electron chi connectivity index (χ1n) is 12.7. The monoisotopic (exact) mass is 540 g/mol. The van der Waals surface area contributed by atoms with Gasteiger partial charge in [-0.25, -0.2) is 0 Å². The van der Waals surface area contributed by atoms with Crippen LogP contribution in [0.25, 0.3) is 44.2 Å². The fourth-order valence-electron chi connectivity index (χ4n) is 5.86. The Hall–Kier alpha value is -5.05. The molecular formula is C31H28N2O7. The molecule has 3 N–H and O–H groups in total. The Kier molecular flexibility index (Phi) is 5.87. The van der Waals surface area contributed by atoms with Crippen molar-refractivity contribution < 1.29 is 29.5 Å². The Balaban J connectivity index is 1.88. The first-order chi connectivity index (χ1) is 19.3. The van der Waals surface area contributed by atoms with Crippen LogP contribution in [0.3, 0.4) is 0 Å². The third-order valence-electron chi connectivity index (χ3n) is 7.61. The molecule has 0 saturated carbocycles. The van der Waals surface area contributed by atoms with Gasteiger partial charge in [0.15, 0.2) is 34.5 Å². The van der Waals surface area contributed by atoms with E-state index < -0.39 is 0 Å². The number of hydrogen-bond acceptors (Lipinski definition) is 7. The fourth-order valence-corrected chi connectivity index (χ4v) is 5.86. The molecule has 0 saturated heterocycles. The molecule has 204 valence electrons. The van der Waals surface area contributed by atoms with Crippen LogP contribution in [-0.4, -0.2) is 45.8 Å². The highest BCUT2D eigenvalue weighted by molar-refractivity contribution is 6.17. The molecule has 0 radical (unpaired) electrons. The molecule has 9 nitrogen and oxygen atoms in total. The summed E-state index contributed by atoms with van der Waals surface area (Å²) in [7, 11) is 4.44. The molecule has 0 amide bonds. The number of aromatic hydroxyl groups is 3. The van der Waals surface area contributed by atoms with Crippen molar-refractivity contribution in [3.63, 3.8) is 0 Å². The lowest BCUT2D eigenvalue weighted by molar-refractivity contribution is 0.373. The number of rotatable bonds is 6. The number of aryl methyl sites for hydroxylation is 2. The quantitative estimate of drug-likeness (QED) is 0.254. The number of phenolic OH excluding ortho intramolecular Hbond substituents is 3. The second kappa shape index (κ2) is 9.30. The summed E-state index contributed by atoms with van der Waals surface area (Å²) >= 11 is 0. The minimum absolute atomic E-state index is 0.0356. The third kappa shape index (κ3) is 3.51. The second-order valence-electron chi connectivity index (χ2n) is 9.66. The fraction of sp³-hybridized carbons (Fsp3) is 0.194. The van der Waals surface area contributed by atoms with Gasteiger partial charge < -0.3 is 38.7 Å². The summed E-state index contributed by atoms with van der Waals surface area (Å²) in [5.41, 5.74) is 4.57. The van der Waals surface area contributed by atoms with E-state index in [1.165, 1.54) is 27.4 Å². The first-order valence-corrected chi connectivity index (χ1v) is 12.7. The maximum absolute atomic E-state index is 14.2. The zero-order valence-corrected chi connectivity index (χ0v) is 22.3. The molecule has 0 fully saturated rings. The van der Waals surface area contributed by atoms with E-state index in [-0.39, 0.29) is 35.1 Å². The minimum Gasteiger partial charge on any atom is -0.504 e. The van der Waals surface area contributed by atoms with Crippen molar-refractivity contribution in [3.8, 4) is 56.9 Å². The Bertz CT molecular complexity index is 1920. The van der Waals surface area contributed by atoms with E-state index in [4.69, 9.17) is 14.2 Å². The van der Waals surface area contributed by atoms with E-state index >= 15 is 0 Å². The molecule has 0 unspecified atom stereocenters. The summed E-state index contributed by atoms with van der Waals surface area (Å²) in [4.78, 5) is 14.2. The highest BCUT2D eigenvalue weighted by atomic mass is 16.5. The average Bonchev–Trinajstić information content (AvgIpc) is 3.30. The van der Waals surface area contributed by atoms with Gasteiger partial charge in [-0.1, -0.05) is 12.1 Å². The van der Waals surface area contributed by atoms with Gasteiger partial charge in [0, 0.05) is 41.1 Å². The van der Waals surface area contributed by atoms with Crippen molar-refractivity contribution in [1.82, 2.24) is 9.13 Å². The molecule has 0 spiro atoms. The number of nitrogens with zero attached hydrogens (tertiary/aromatic N) is 2. The van der Waals surface area contributed by atoms with Crippen molar-refractivity contribution in [2.75, 3.05) is 21.3 Å². The Morgan fingerprint density at radius 3 is 2.25 bits per heavy atom. The molecule has 1 aliphatic rings. The van der Waals surface area contributed by atoms with Crippen LogP contribution in [0.4, 0.5) is 0 Å². The van der Waals surface area contributed by atoms with E-state index in [0.29, 0.717) is 57.4 Å². The van der Waals surface area contributed by atoms with Crippen LogP contribution in [0.15, 0.2) is 59.9 Å². The van der Waals surface area contributed by atoms with Gasteiger partial charge in [0.25, 0.3) is 5.56 Å². The van der Waals surface area contributed by atoms with Gasteiger partial charge in [0.1, 0.15) is 5.52 Å². The lowest BCUT2D eigenvalue weighted by Crippen LogP contribution is -2.23. The van der Waals surface area contributed by atoms with Crippen LogP contribution in [-0.2, 0) is 19.5 Å². The molecule has 5 aromatic rings. The van der Waals surface area contributed by atoms with Crippen molar-refractivity contribution in [2.45, 2.75) is 19.5 Å². The number of phenols is 3. The van der Waals surface area contributed by atoms with Crippen molar-refractivity contribution in [3.05, 3.63) is 71.0 Å². The van der Waals surface area contributed by atoms with Gasteiger partial charge in [-0.05, 0) is 47.9 Å². The Labute approximate surface area is 229 Å². The molecule has 1 aliphatic heterocycles. The summed E-state index contributed by atoms with van der Waals surface area (Å²) < 4.78 is 19.8. The summed E-state index contributed by atoms with van der Waals surface area (Å²) in [5, 5.41) is 33.3. The van der Waals surface area contributed by atoms with Crippen LogP contribution in [0.5, 0.6) is 34.5 Å². The lowest BCUT2D eigenvalue weighted by Gasteiger charge is -2.22. The number of fused-ring (bicyclic) bond motifs is 7. The predicted molar refractivity (Wildman–Crippen MR) is 153 cm³/mol. The van der Waals surface area contributed by atoms with E-state index in [0.717, 1.165) is 16.8 Å². The van der Waals surface area contributed by atoms with Crippen LogP contribution in [0, 0.1) is 0 Å². The maximum Gasteiger partial charge on any atom is 0.275 e. The van der Waals surface area contributed by atoms with Crippen LogP contribution in [0.1, 0.15) is 5.56 Å². The maximum atomic E-state index is 14.2. The highest BCUT2D eigenvalue weighted by Crippen LogP contribution is 2.49. The van der Waals surface area contributed by atoms with E-state index in [1.54, 1.807) is 41.0 Å². The van der Waals surface area contributed by atoms with Gasteiger partial charge >= 0.3 is 0 Å². The van der Waals surface area contributed by atoms with Crippen LogP contribution < -0.4 is 19.8 Å². The summed E-state index contributed by atoms with van der Waals surface area (Å²) in [6.07, 6.45) is 2.22. The zero-order valence-electron chi connectivity index (χ0n) is 22.3. The normalized spacial score (nSPS) is 12.3. The molecule has 0 atom stereocenters.